The van der Waals surface area contributed by atoms with Crippen molar-refractivity contribution in [3.63, 3.8) is 0 Å². The van der Waals surface area contributed by atoms with Gasteiger partial charge in [0.1, 0.15) is 0 Å². The van der Waals surface area contributed by atoms with Gasteiger partial charge in [0.15, 0.2) is 5.96 Å². The van der Waals surface area contributed by atoms with E-state index < -0.39 is 0 Å². The van der Waals surface area contributed by atoms with Crippen LogP contribution in [0.5, 0.6) is 0 Å². The molecule has 148 valence electrons. The quantitative estimate of drug-likeness (QED) is 0.292. The number of benzene rings is 1. The molecule has 0 aliphatic heterocycles. The van der Waals surface area contributed by atoms with Crippen molar-refractivity contribution in [3.05, 3.63) is 29.8 Å². The third-order valence-corrected chi connectivity index (χ3v) is 4.07. The van der Waals surface area contributed by atoms with Crippen LogP contribution >= 0.6 is 24.0 Å². The number of likely N-dealkylation sites (N-methyl/N-ethyl adjacent to an activating group) is 1. The van der Waals surface area contributed by atoms with Gasteiger partial charge in [-0.2, -0.15) is 0 Å². The molecule has 0 unspecified atom stereocenters. The molecule has 3 N–H and O–H groups in total. The first-order chi connectivity index (χ1) is 12.0. The highest BCUT2D eigenvalue weighted by Crippen LogP contribution is 2.10. The standard InChI is InChI=1S/C19H33N5O.HI/c1-6-15(7-2)12-21-19(20-3)22-13-16-9-8-10-17(11-16)23-18(25)14-24(4)5;/h8-11,15H,6-7,12-14H2,1-5H3,(H,23,25)(H2,20,21,22);1H. The van der Waals surface area contributed by atoms with Crippen LogP contribution in [0.25, 0.3) is 0 Å². The SMILES string of the molecule is CCC(CC)CNC(=NC)NCc1cccc(NC(=O)CN(C)C)c1.I. The molecule has 0 spiro atoms. The van der Waals surface area contributed by atoms with Gasteiger partial charge in [0, 0.05) is 25.8 Å². The van der Waals surface area contributed by atoms with Crippen LogP contribution in [0.15, 0.2) is 29.3 Å². The second-order valence-electron chi connectivity index (χ2n) is 6.48. The molecule has 0 fully saturated rings. The number of rotatable bonds is 9. The van der Waals surface area contributed by atoms with Crippen molar-refractivity contribution in [1.29, 1.82) is 0 Å². The molecular weight excluding hydrogens is 441 g/mol. The number of carbonyl (C=O) groups is 1. The lowest BCUT2D eigenvalue weighted by atomic mass is 10.0. The second-order valence-corrected chi connectivity index (χ2v) is 6.48. The summed E-state index contributed by atoms with van der Waals surface area (Å²) in [6.45, 7) is 6.37. The van der Waals surface area contributed by atoms with E-state index in [1.807, 2.05) is 43.3 Å². The molecule has 7 heteroatoms. The number of amides is 1. The van der Waals surface area contributed by atoms with Crippen molar-refractivity contribution < 1.29 is 4.79 Å². The van der Waals surface area contributed by atoms with Crippen LogP contribution in [0, 0.1) is 5.92 Å². The van der Waals surface area contributed by atoms with E-state index in [1.165, 1.54) is 0 Å². The summed E-state index contributed by atoms with van der Waals surface area (Å²) in [6.07, 6.45) is 2.32. The zero-order valence-electron chi connectivity index (χ0n) is 16.6. The van der Waals surface area contributed by atoms with Crippen LogP contribution in [0.2, 0.25) is 0 Å². The van der Waals surface area contributed by atoms with Gasteiger partial charge < -0.3 is 20.9 Å². The summed E-state index contributed by atoms with van der Waals surface area (Å²) in [5.74, 6) is 1.44. The zero-order chi connectivity index (χ0) is 18.7. The van der Waals surface area contributed by atoms with E-state index in [9.17, 15) is 4.79 Å². The van der Waals surface area contributed by atoms with Gasteiger partial charge in [0.05, 0.1) is 6.54 Å². The molecule has 0 radical (unpaired) electrons. The van der Waals surface area contributed by atoms with E-state index in [0.29, 0.717) is 19.0 Å². The minimum atomic E-state index is -0.0160. The number of nitrogens with zero attached hydrogens (tertiary/aromatic N) is 2. The fourth-order valence-corrected chi connectivity index (χ4v) is 2.47. The highest BCUT2D eigenvalue weighted by Gasteiger charge is 2.06. The van der Waals surface area contributed by atoms with Crippen molar-refractivity contribution in [2.24, 2.45) is 10.9 Å². The smallest absolute Gasteiger partial charge is 0.238 e. The summed E-state index contributed by atoms with van der Waals surface area (Å²) in [6, 6.07) is 7.86. The van der Waals surface area contributed by atoms with Gasteiger partial charge in [0.25, 0.3) is 0 Å². The van der Waals surface area contributed by atoms with E-state index in [1.54, 1.807) is 7.05 Å². The minimum Gasteiger partial charge on any atom is -0.356 e. The van der Waals surface area contributed by atoms with Gasteiger partial charge >= 0.3 is 0 Å². The summed E-state index contributed by atoms with van der Waals surface area (Å²) in [5.41, 5.74) is 1.90. The van der Waals surface area contributed by atoms with Gasteiger partial charge in [-0.1, -0.05) is 38.8 Å². The molecule has 0 aromatic heterocycles. The number of halogens is 1. The summed E-state index contributed by atoms with van der Waals surface area (Å²) < 4.78 is 0. The summed E-state index contributed by atoms with van der Waals surface area (Å²) >= 11 is 0. The summed E-state index contributed by atoms with van der Waals surface area (Å²) in [5, 5.41) is 9.61. The van der Waals surface area contributed by atoms with Crippen LogP contribution in [0.3, 0.4) is 0 Å². The van der Waals surface area contributed by atoms with E-state index in [2.05, 4.69) is 34.8 Å². The maximum Gasteiger partial charge on any atom is 0.238 e. The van der Waals surface area contributed by atoms with Crippen LogP contribution in [0.4, 0.5) is 5.69 Å². The molecular formula is C19H34IN5O. The first-order valence-electron chi connectivity index (χ1n) is 8.96. The normalized spacial score (nSPS) is 11.3. The molecule has 1 aromatic rings. The van der Waals surface area contributed by atoms with Gasteiger partial charge in [-0.25, -0.2) is 0 Å². The molecule has 0 aliphatic rings. The predicted molar refractivity (Wildman–Crippen MR) is 121 cm³/mol. The third-order valence-electron chi connectivity index (χ3n) is 4.07. The van der Waals surface area contributed by atoms with Gasteiger partial charge in [-0.3, -0.25) is 9.79 Å². The lowest BCUT2D eigenvalue weighted by molar-refractivity contribution is -0.116. The van der Waals surface area contributed by atoms with E-state index in [0.717, 1.165) is 36.6 Å². The Morgan fingerprint density at radius 2 is 1.88 bits per heavy atom. The molecule has 26 heavy (non-hydrogen) atoms. The van der Waals surface area contributed by atoms with Crippen LogP contribution in [-0.4, -0.2) is 51.0 Å². The number of hydrogen-bond acceptors (Lipinski definition) is 3. The maximum atomic E-state index is 11.9. The fraction of sp³-hybridized carbons (Fsp3) is 0.579. The van der Waals surface area contributed by atoms with Crippen molar-refractivity contribution in [1.82, 2.24) is 15.5 Å². The Balaban J connectivity index is 0.00000625. The second kappa shape index (κ2) is 13.8. The van der Waals surface area contributed by atoms with Crippen LogP contribution in [0.1, 0.15) is 32.3 Å². The summed E-state index contributed by atoms with van der Waals surface area (Å²) in [7, 11) is 5.53. The highest BCUT2D eigenvalue weighted by molar-refractivity contribution is 14.0. The Bertz CT molecular complexity index is 559. The third kappa shape index (κ3) is 9.96. The number of hydrogen-bond donors (Lipinski definition) is 3. The first kappa shape index (κ1) is 24.7. The molecule has 0 aliphatic carbocycles. The fourth-order valence-electron chi connectivity index (χ4n) is 2.47. The molecule has 1 amide bonds. The van der Waals surface area contributed by atoms with E-state index in [4.69, 9.17) is 0 Å². The number of nitrogens with one attached hydrogen (secondary N) is 3. The van der Waals surface area contributed by atoms with Gasteiger partial charge in [-0.15, -0.1) is 24.0 Å². The van der Waals surface area contributed by atoms with Crippen LogP contribution < -0.4 is 16.0 Å². The summed E-state index contributed by atoms with van der Waals surface area (Å²) in [4.78, 5) is 18.0. The Hall–Kier alpha value is -1.35. The minimum absolute atomic E-state index is 0. The molecule has 0 atom stereocenters. The lowest BCUT2D eigenvalue weighted by Crippen LogP contribution is -2.39. The number of anilines is 1. The zero-order valence-corrected chi connectivity index (χ0v) is 19.0. The maximum absolute atomic E-state index is 11.9. The molecule has 1 aromatic carbocycles. The average molecular weight is 475 g/mol. The van der Waals surface area contributed by atoms with Crippen LogP contribution in [-0.2, 0) is 11.3 Å². The molecule has 0 saturated heterocycles. The molecule has 0 bridgehead atoms. The molecule has 6 nitrogen and oxygen atoms in total. The van der Waals surface area contributed by atoms with Gasteiger partial charge in [0.2, 0.25) is 5.91 Å². The first-order valence-corrected chi connectivity index (χ1v) is 8.96. The van der Waals surface area contributed by atoms with Gasteiger partial charge in [-0.05, 0) is 37.7 Å². The predicted octanol–water partition coefficient (Wildman–Crippen LogP) is 2.91. The average Bonchev–Trinajstić information content (AvgIpc) is 2.57. The van der Waals surface area contributed by atoms with E-state index >= 15 is 0 Å². The topological polar surface area (TPSA) is 68.8 Å². The Kier molecular flexibility index (Phi) is 13.1. The monoisotopic (exact) mass is 475 g/mol. The van der Waals surface area contributed by atoms with Crippen molar-refractivity contribution in [3.8, 4) is 0 Å². The Labute approximate surface area is 175 Å². The molecule has 1 rings (SSSR count). The number of aliphatic imine (C=N–C) groups is 1. The Morgan fingerprint density at radius 3 is 2.46 bits per heavy atom. The highest BCUT2D eigenvalue weighted by atomic mass is 127. The number of guanidine groups is 1. The Morgan fingerprint density at radius 1 is 1.19 bits per heavy atom. The van der Waals surface area contributed by atoms with Crippen molar-refractivity contribution >= 4 is 41.5 Å². The molecule has 0 heterocycles. The largest absolute Gasteiger partial charge is 0.356 e. The van der Waals surface area contributed by atoms with Crippen molar-refractivity contribution in [2.45, 2.75) is 33.2 Å². The van der Waals surface area contributed by atoms with E-state index in [-0.39, 0.29) is 29.9 Å². The number of carbonyl (C=O) groups excluding carboxylic acids is 1. The lowest BCUT2D eigenvalue weighted by Gasteiger charge is -2.17. The molecule has 0 saturated carbocycles. The van der Waals surface area contributed by atoms with Crippen molar-refractivity contribution in [2.75, 3.05) is 39.5 Å².